The molecule has 0 aliphatic carbocycles. The number of amides is 1. The van der Waals surface area contributed by atoms with Crippen molar-refractivity contribution in [2.45, 2.75) is 4.90 Å². The van der Waals surface area contributed by atoms with Crippen molar-refractivity contribution in [2.24, 2.45) is 5.73 Å². The highest BCUT2D eigenvalue weighted by molar-refractivity contribution is 7.89. The van der Waals surface area contributed by atoms with Crippen LogP contribution in [0.4, 0.5) is 0 Å². The molecule has 1 amide bonds. The van der Waals surface area contributed by atoms with Crippen LogP contribution in [-0.4, -0.2) is 49.8 Å². The van der Waals surface area contributed by atoms with Crippen LogP contribution < -0.4 is 10.5 Å². The van der Waals surface area contributed by atoms with Gasteiger partial charge in [-0.25, -0.2) is 13.1 Å². The van der Waals surface area contributed by atoms with E-state index in [0.29, 0.717) is 5.69 Å². The minimum atomic E-state index is -3.78. The summed E-state index contributed by atoms with van der Waals surface area (Å²) in [5, 5.41) is 0. The summed E-state index contributed by atoms with van der Waals surface area (Å²) in [7, 11) is -0.702. The molecule has 1 aromatic heterocycles. The Balaban J connectivity index is 2.83. The average molecular weight is 302 g/mol. The van der Waals surface area contributed by atoms with Gasteiger partial charge in [-0.05, 0) is 12.1 Å². The van der Waals surface area contributed by atoms with E-state index in [1.54, 1.807) is 0 Å². The predicted molar refractivity (Wildman–Crippen MR) is 74.0 cm³/mol. The lowest BCUT2D eigenvalue weighted by molar-refractivity contribution is -0.127. The minimum absolute atomic E-state index is 0.0564. The van der Waals surface area contributed by atoms with Crippen LogP contribution in [0.25, 0.3) is 0 Å². The standard InChI is InChI=1S/C10H14N4O3S2/c1-14(2)9(15)6-13-19(16,17)7-3-4-8(10(11)18)12-5-7/h3-5,13H,6H2,1-2H3,(H2,11,18). The van der Waals surface area contributed by atoms with Crippen LogP contribution in [0.3, 0.4) is 0 Å². The van der Waals surface area contributed by atoms with Crippen molar-refractivity contribution >= 4 is 33.1 Å². The van der Waals surface area contributed by atoms with Crippen LogP contribution >= 0.6 is 12.2 Å². The van der Waals surface area contributed by atoms with Crippen molar-refractivity contribution in [1.82, 2.24) is 14.6 Å². The van der Waals surface area contributed by atoms with Crippen molar-refractivity contribution in [2.75, 3.05) is 20.6 Å². The summed E-state index contributed by atoms with van der Waals surface area (Å²) in [6, 6.07) is 2.73. The van der Waals surface area contributed by atoms with Gasteiger partial charge in [-0.2, -0.15) is 0 Å². The molecule has 0 aliphatic heterocycles. The van der Waals surface area contributed by atoms with E-state index in [0.717, 1.165) is 6.20 Å². The molecule has 1 rings (SSSR count). The highest BCUT2D eigenvalue weighted by atomic mass is 32.2. The van der Waals surface area contributed by atoms with Crippen LogP contribution in [0.5, 0.6) is 0 Å². The van der Waals surface area contributed by atoms with E-state index in [9.17, 15) is 13.2 Å². The molecule has 3 N–H and O–H groups in total. The third-order valence-corrected chi connectivity index (χ3v) is 3.81. The lowest BCUT2D eigenvalue weighted by atomic mass is 10.3. The monoisotopic (exact) mass is 302 g/mol. The van der Waals surface area contributed by atoms with E-state index in [-0.39, 0.29) is 22.3 Å². The maximum atomic E-state index is 11.9. The number of sulfonamides is 1. The largest absolute Gasteiger partial charge is 0.388 e. The molecule has 0 radical (unpaired) electrons. The van der Waals surface area contributed by atoms with Crippen LogP contribution in [-0.2, 0) is 14.8 Å². The van der Waals surface area contributed by atoms with Crippen molar-refractivity contribution in [1.29, 1.82) is 0 Å². The van der Waals surface area contributed by atoms with Crippen LogP contribution in [0.15, 0.2) is 23.2 Å². The summed E-state index contributed by atoms with van der Waals surface area (Å²) in [4.78, 5) is 16.5. The number of thiocarbonyl (C=S) groups is 1. The third kappa shape index (κ3) is 4.23. The van der Waals surface area contributed by atoms with Crippen molar-refractivity contribution in [3.8, 4) is 0 Å². The first-order valence-corrected chi connectivity index (χ1v) is 7.09. The molecule has 19 heavy (non-hydrogen) atoms. The fourth-order valence-electron chi connectivity index (χ4n) is 1.08. The molecule has 0 unspecified atom stereocenters. The van der Waals surface area contributed by atoms with E-state index in [1.165, 1.54) is 31.1 Å². The Morgan fingerprint density at radius 1 is 1.47 bits per heavy atom. The number of carbonyl (C=O) groups excluding carboxylic acids is 1. The number of rotatable bonds is 5. The SMILES string of the molecule is CN(C)C(=O)CNS(=O)(=O)c1ccc(C(N)=S)nc1. The van der Waals surface area contributed by atoms with E-state index in [1.807, 2.05) is 0 Å². The Morgan fingerprint density at radius 2 is 2.11 bits per heavy atom. The number of carbonyl (C=O) groups is 1. The molecule has 1 aromatic rings. The summed E-state index contributed by atoms with van der Waals surface area (Å²) < 4.78 is 25.9. The zero-order chi connectivity index (χ0) is 14.6. The fourth-order valence-corrected chi connectivity index (χ4v) is 2.12. The molecule has 0 saturated carbocycles. The molecule has 104 valence electrons. The van der Waals surface area contributed by atoms with E-state index >= 15 is 0 Å². The number of nitrogens with one attached hydrogen (secondary N) is 1. The topological polar surface area (TPSA) is 105 Å². The first kappa shape index (κ1) is 15.5. The zero-order valence-electron chi connectivity index (χ0n) is 10.5. The zero-order valence-corrected chi connectivity index (χ0v) is 12.1. The van der Waals surface area contributed by atoms with Gasteiger partial charge >= 0.3 is 0 Å². The second-order valence-corrected chi connectivity index (χ2v) is 6.06. The number of pyridine rings is 1. The number of hydrogen-bond donors (Lipinski definition) is 2. The van der Waals surface area contributed by atoms with Gasteiger partial charge in [-0.3, -0.25) is 9.78 Å². The molecular weight excluding hydrogens is 288 g/mol. The summed E-state index contributed by atoms with van der Waals surface area (Å²) in [5.74, 6) is -0.351. The van der Waals surface area contributed by atoms with Crippen molar-refractivity contribution in [3.63, 3.8) is 0 Å². The Morgan fingerprint density at radius 3 is 2.53 bits per heavy atom. The molecule has 1 heterocycles. The molecule has 0 aliphatic rings. The summed E-state index contributed by atoms with van der Waals surface area (Å²) >= 11 is 4.71. The maximum absolute atomic E-state index is 11.9. The van der Waals surface area contributed by atoms with E-state index in [2.05, 4.69) is 9.71 Å². The summed E-state index contributed by atoms with van der Waals surface area (Å²) in [5.41, 5.74) is 5.69. The second-order valence-electron chi connectivity index (χ2n) is 3.86. The van der Waals surface area contributed by atoms with Crippen molar-refractivity contribution < 1.29 is 13.2 Å². The van der Waals surface area contributed by atoms with Gasteiger partial charge < -0.3 is 10.6 Å². The lowest BCUT2D eigenvalue weighted by Crippen LogP contribution is -2.36. The highest BCUT2D eigenvalue weighted by Crippen LogP contribution is 2.07. The number of nitrogens with two attached hydrogens (primary N) is 1. The maximum Gasteiger partial charge on any atom is 0.242 e. The third-order valence-electron chi connectivity index (χ3n) is 2.21. The van der Waals surface area contributed by atoms with Crippen LogP contribution in [0.1, 0.15) is 5.69 Å². The lowest BCUT2D eigenvalue weighted by Gasteiger charge is -2.11. The molecule has 0 spiro atoms. The first-order valence-electron chi connectivity index (χ1n) is 5.19. The van der Waals surface area contributed by atoms with Gasteiger partial charge in [0.05, 0.1) is 12.2 Å². The first-order chi connectivity index (χ1) is 8.74. The smallest absolute Gasteiger partial charge is 0.242 e. The van der Waals surface area contributed by atoms with Crippen molar-refractivity contribution in [3.05, 3.63) is 24.0 Å². The van der Waals surface area contributed by atoms with Gasteiger partial charge in [0.25, 0.3) is 0 Å². The minimum Gasteiger partial charge on any atom is -0.388 e. The average Bonchev–Trinajstić information content (AvgIpc) is 2.36. The second kappa shape index (κ2) is 6.04. The molecule has 7 nitrogen and oxygen atoms in total. The Labute approximate surface area is 116 Å². The van der Waals surface area contributed by atoms with Crippen LogP contribution in [0, 0.1) is 0 Å². The van der Waals surface area contributed by atoms with Crippen LogP contribution in [0.2, 0.25) is 0 Å². The Bertz CT molecular complexity index is 581. The molecule has 0 atom stereocenters. The Hall–Kier alpha value is -1.58. The molecule has 9 heteroatoms. The number of nitrogens with zero attached hydrogens (tertiary/aromatic N) is 2. The quantitative estimate of drug-likeness (QED) is 0.682. The number of likely N-dealkylation sites (N-methyl/N-ethyl adjacent to an activating group) is 1. The van der Waals surface area contributed by atoms with Gasteiger partial charge in [0, 0.05) is 20.3 Å². The predicted octanol–water partition coefficient (Wildman–Crippen LogP) is -0.918. The summed E-state index contributed by atoms with van der Waals surface area (Å²) in [6.45, 7) is -0.313. The molecule has 0 aromatic carbocycles. The molecule has 0 saturated heterocycles. The van der Waals surface area contributed by atoms with E-state index in [4.69, 9.17) is 18.0 Å². The van der Waals surface area contributed by atoms with Gasteiger partial charge in [0.15, 0.2) is 0 Å². The molecule has 0 bridgehead atoms. The normalized spacial score (nSPS) is 11.1. The van der Waals surface area contributed by atoms with E-state index < -0.39 is 10.0 Å². The van der Waals surface area contributed by atoms with Gasteiger partial charge in [-0.1, -0.05) is 12.2 Å². The summed E-state index contributed by atoms with van der Waals surface area (Å²) in [6.07, 6.45) is 1.14. The highest BCUT2D eigenvalue weighted by Gasteiger charge is 2.16. The molecule has 0 fully saturated rings. The molecular formula is C10H14N4O3S2. The number of hydrogen-bond acceptors (Lipinski definition) is 5. The Kier molecular flexibility index (Phi) is 4.92. The number of aromatic nitrogens is 1. The fraction of sp³-hybridized carbons (Fsp3) is 0.300. The van der Waals surface area contributed by atoms with Gasteiger partial charge in [0.2, 0.25) is 15.9 Å². The van der Waals surface area contributed by atoms with Gasteiger partial charge in [-0.15, -0.1) is 0 Å². The van der Waals surface area contributed by atoms with Gasteiger partial charge in [0.1, 0.15) is 9.88 Å².